The van der Waals surface area contributed by atoms with E-state index >= 15 is 0 Å². The van der Waals surface area contributed by atoms with E-state index in [9.17, 15) is 0 Å². The molecule has 1 aliphatic rings. The summed E-state index contributed by atoms with van der Waals surface area (Å²) in [6.45, 7) is 5.37. The van der Waals surface area contributed by atoms with Gasteiger partial charge in [0.1, 0.15) is 5.75 Å². The minimum atomic E-state index is 0.798. The van der Waals surface area contributed by atoms with Gasteiger partial charge < -0.3 is 4.74 Å². The van der Waals surface area contributed by atoms with E-state index in [4.69, 9.17) is 4.74 Å². The standard InChI is InChI=1S/C35H56N2O/c1-3-5-7-9-10-11-12-14-16-30-19-21-31(22-20-30)18-15-27-38-34-25-23-33(24-26-34)35-36-28-32(29-37-35)17-13-8-6-4-2/h23-26,28-31H,3-22,27H2,1-2H3. The molecule has 1 aliphatic carbocycles. The molecule has 3 heteroatoms. The summed E-state index contributed by atoms with van der Waals surface area (Å²) in [5.74, 6) is 3.68. The van der Waals surface area contributed by atoms with E-state index in [1.165, 1.54) is 121 Å². The van der Waals surface area contributed by atoms with Gasteiger partial charge in [0.25, 0.3) is 0 Å². The zero-order valence-corrected chi connectivity index (χ0v) is 24.8. The molecule has 1 heterocycles. The summed E-state index contributed by atoms with van der Waals surface area (Å²) in [5, 5.41) is 0. The number of hydrogen-bond donors (Lipinski definition) is 0. The van der Waals surface area contributed by atoms with E-state index in [1.807, 2.05) is 12.4 Å². The van der Waals surface area contributed by atoms with Crippen molar-refractivity contribution in [2.75, 3.05) is 6.61 Å². The van der Waals surface area contributed by atoms with Gasteiger partial charge in [-0.3, -0.25) is 0 Å². The first-order valence-electron chi connectivity index (χ1n) is 16.3. The van der Waals surface area contributed by atoms with Crippen LogP contribution in [0, 0.1) is 11.8 Å². The summed E-state index contributed by atoms with van der Waals surface area (Å²) in [7, 11) is 0. The highest BCUT2D eigenvalue weighted by atomic mass is 16.5. The number of ether oxygens (including phenoxy) is 1. The molecular formula is C35H56N2O. The number of nitrogens with zero attached hydrogens (tertiary/aromatic N) is 2. The van der Waals surface area contributed by atoms with Crippen LogP contribution in [0.25, 0.3) is 11.4 Å². The molecule has 0 radical (unpaired) electrons. The fourth-order valence-corrected chi connectivity index (χ4v) is 6.03. The van der Waals surface area contributed by atoms with E-state index < -0.39 is 0 Å². The number of benzene rings is 1. The molecule has 0 saturated heterocycles. The van der Waals surface area contributed by atoms with Gasteiger partial charge in [-0.1, -0.05) is 117 Å². The number of unbranched alkanes of at least 4 members (excludes halogenated alkanes) is 10. The highest BCUT2D eigenvalue weighted by molar-refractivity contribution is 5.55. The van der Waals surface area contributed by atoms with Gasteiger partial charge in [-0.05, 0) is 67.3 Å². The highest BCUT2D eigenvalue weighted by Gasteiger charge is 2.20. The third kappa shape index (κ3) is 12.3. The number of aromatic nitrogens is 2. The van der Waals surface area contributed by atoms with Crippen LogP contribution in [-0.4, -0.2) is 16.6 Å². The lowest BCUT2D eigenvalue weighted by atomic mass is 9.78. The smallest absolute Gasteiger partial charge is 0.159 e. The van der Waals surface area contributed by atoms with Gasteiger partial charge in [0.2, 0.25) is 0 Å². The summed E-state index contributed by atoms with van der Waals surface area (Å²) < 4.78 is 6.06. The topological polar surface area (TPSA) is 35.0 Å². The van der Waals surface area contributed by atoms with Crippen molar-refractivity contribution >= 4 is 0 Å². The second kappa shape index (κ2) is 19.2. The quantitative estimate of drug-likeness (QED) is 0.163. The fourth-order valence-electron chi connectivity index (χ4n) is 6.03. The van der Waals surface area contributed by atoms with Crippen LogP contribution >= 0.6 is 0 Å². The van der Waals surface area contributed by atoms with Crippen LogP contribution in [-0.2, 0) is 6.42 Å². The number of rotatable bonds is 20. The van der Waals surface area contributed by atoms with Crippen molar-refractivity contribution in [3.8, 4) is 17.1 Å². The van der Waals surface area contributed by atoms with Gasteiger partial charge in [0.05, 0.1) is 6.61 Å². The minimum Gasteiger partial charge on any atom is -0.494 e. The largest absolute Gasteiger partial charge is 0.494 e. The minimum absolute atomic E-state index is 0.798. The molecule has 212 valence electrons. The van der Waals surface area contributed by atoms with Crippen LogP contribution in [0.15, 0.2) is 36.7 Å². The number of hydrogen-bond acceptors (Lipinski definition) is 3. The molecule has 0 aliphatic heterocycles. The van der Waals surface area contributed by atoms with E-state index in [-0.39, 0.29) is 0 Å². The van der Waals surface area contributed by atoms with Gasteiger partial charge in [0.15, 0.2) is 5.82 Å². The Labute approximate surface area is 234 Å². The molecule has 2 aromatic rings. The molecule has 0 unspecified atom stereocenters. The Balaban J connectivity index is 1.22. The second-order valence-corrected chi connectivity index (χ2v) is 11.9. The lowest BCUT2D eigenvalue weighted by Crippen LogP contribution is -2.15. The summed E-state index contributed by atoms with van der Waals surface area (Å²) in [4.78, 5) is 9.19. The summed E-state index contributed by atoms with van der Waals surface area (Å²) in [6.07, 6.45) is 31.5. The Bertz CT molecular complexity index is 824. The summed E-state index contributed by atoms with van der Waals surface area (Å²) >= 11 is 0. The third-order valence-electron chi connectivity index (χ3n) is 8.59. The molecule has 3 rings (SSSR count). The molecule has 0 amide bonds. The van der Waals surface area contributed by atoms with Crippen LogP contribution in [0.3, 0.4) is 0 Å². The van der Waals surface area contributed by atoms with Crippen molar-refractivity contribution in [2.45, 2.75) is 142 Å². The molecule has 38 heavy (non-hydrogen) atoms. The van der Waals surface area contributed by atoms with Crippen LogP contribution in [0.1, 0.15) is 141 Å². The van der Waals surface area contributed by atoms with Crippen molar-refractivity contribution in [3.63, 3.8) is 0 Å². The lowest BCUT2D eigenvalue weighted by Gasteiger charge is -2.28. The highest BCUT2D eigenvalue weighted by Crippen LogP contribution is 2.34. The van der Waals surface area contributed by atoms with Gasteiger partial charge in [-0.2, -0.15) is 0 Å². The van der Waals surface area contributed by atoms with E-state index in [0.29, 0.717) is 0 Å². The molecule has 0 N–H and O–H groups in total. The van der Waals surface area contributed by atoms with Gasteiger partial charge in [0, 0.05) is 18.0 Å². The molecular weight excluding hydrogens is 464 g/mol. The van der Waals surface area contributed by atoms with E-state index in [0.717, 1.165) is 48.4 Å². The number of aryl methyl sites for hydroxylation is 1. The van der Waals surface area contributed by atoms with Crippen molar-refractivity contribution < 1.29 is 4.74 Å². The van der Waals surface area contributed by atoms with E-state index in [2.05, 4.69) is 48.1 Å². The average Bonchev–Trinajstić information content (AvgIpc) is 2.96. The summed E-state index contributed by atoms with van der Waals surface area (Å²) in [6, 6.07) is 8.29. The molecule has 0 bridgehead atoms. The van der Waals surface area contributed by atoms with Crippen molar-refractivity contribution in [1.82, 2.24) is 9.97 Å². The fraction of sp³-hybridized carbons (Fsp3) is 0.714. The SMILES string of the molecule is CCCCCCCCCCC1CCC(CCCOc2ccc(-c3ncc(CCCCCC)cn3)cc2)CC1. The van der Waals surface area contributed by atoms with E-state index in [1.54, 1.807) is 0 Å². The predicted molar refractivity (Wildman–Crippen MR) is 163 cm³/mol. The monoisotopic (exact) mass is 520 g/mol. The first-order valence-corrected chi connectivity index (χ1v) is 16.3. The molecule has 1 saturated carbocycles. The predicted octanol–water partition coefficient (Wildman–Crippen LogP) is 10.8. The maximum atomic E-state index is 6.06. The van der Waals surface area contributed by atoms with Crippen molar-refractivity contribution in [2.24, 2.45) is 11.8 Å². The summed E-state index contributed by atoms with van der Waals surface area (Å²) in [5.41, 5.74) is 2.29. The van der Waals surface area contributed by atoms with Gasteiger partial charge >= 0.3 is 0 Å². The molecule has 1 fully saturated rings. The Kier molecular flexibility index (Phi) is 15.5. The molecule has 0 atom stereocenters. The van der Waals surface area contributed by atoms with Gasteiger partial charge in [-0.25, -0.2) is 9.97 Å². The van der Waals surface area contributed by atoms with Crippen LogP contribution in [0.2, 0.25) is 0 Å². The molecule has 3 nitrogen and oxygen atoms in total. The molecule has 1 aromatic heterocycles. The van der Waals surface area contributed by atoms with Crippen LogP contribution < -0.4 is 4.74 Å². The van der Waals surface area contributed by atoms with Crippen molar-refractivity contribution in [3.05, 3.63) is 42.2 Å². The maximum absolute atomic E-state index is 6.06. The molecule has 1 aromatic carbocycles. The second-order valence-electron chi connectivity index (χ2n) is 11.9. The van der Waals surface area contributed by atoms with Crippen molar-refractivity contribution in [1.29, 1.82) is 0 Å². The average molecular weight is 521 g/mol. The normalized spacial score (nSPS) is 17.5. The first kappa shape index (κ1) is 30.6. The lowest BCUT2D eigenvalue weighted by molar-refractivity contribution is 0.228. The Hall–Kier alpha value is -1.90. The van der Waals surface area contributed by atoms with Crippen LogP contribution in [0.5, 0.6) is 5.75 Å². The zero-order chi connectivity index (χ0) is 26.7. The Morgan fingerprint density at radius 1 is 0.632 bits per heavy atom. The van der Waals surface area contributed by atoms with Crippen LogP contribution in [0.4, 0.5) is 0 Å². The first-order chi connectivity index (χ1) is 18.8. The maximum Gasteiger partial charge on any atom is 0.159 e. The van der Waals surface area contributed by atoms with Gasteiger partial charge in [-0.15, -0.1) is 0 Å². The Morgan fingerprint density at radius 2 is 1.16 bits per heavy atom. The molecule has 0 spiro atoms. The Morgan fingerprint density at radius 3 is 1.76 bits per heavy atom. The zero-order valence-electron chi connectivity index (χ0n) is 24.8. The third-order valence-corrected chi connectivity index (χ3v) is 8.59.